The molecule has 0 aromatic heterocycles. The summed E-state index contributed by atoms with van der Waals surface area (Å²) < 4.78 is 5.25. The molecule has 2 heteroatoms. The van der Waals surface area contributed by atoms with Gasteiger partial charge in [-0.1, -0.05) is 19.8 Å². The van der Waals surface area contributed by atoms with Gasteiger partial charge in [-0.2, -0.15) is 0 Å². The van der Waals surface area contributed by atoms with Crippen molar-refractivity contribution in [2.75, 3.05) is 19.4 Å². The van der Waals surface area contributed by atoms with E-state index in [1.165, 1.54) is 31.8 Å². The van der Waals surface area contributed by atoms with Crippen LogP contribution in [-0.4, -0.2) is 25.5 Å². The maximum atomic E-state index is 5.25. The molecule has 12 heavy (non-hydrogen) atoms. The lowest BCUT2D eigenvalue weighted by Gasteiger charge is -2.12. The standard InChI is InChI=1S/C10H21OP/c1-3-9(5-4-6-12-2)7-10-8-11-10/h9-10,12H,3-8H2,1-2H3. The Labute approximate surface area is 78.0 Å². The minimum Gasteiger partial charge on any atom is -0.373 e. The zero-order valence-electron chi connectivity index (χ0n) is 8.31. The molecule has 1 aliphatic rings. The van der Waals surface area contributed by atoms with Crippen molar-refractivity contribution in [3.05, 3.63) is 0 Å². The quantitative estimate of drug-likeness (QED) is 0.340. The molecule has 1 heterocycles. The van der Waals surface area contributed by atoms with E-state index in [0.717, 1.165) is 21.1 Å². The summed E-state index contributed by atoms with van der Waals surface area (Å²) in [5, 5.41) is 0. The highest BCUT2D eigenvalue weighted by molar-refractivity contribution is 7.36. The highest BCUT2D eigenvalue weighted by Crippen LogP contribution is 2.25. The molecule has 0 N–H and O–H groups in total. The van der Waals surface area contributed by atoms with Crippen molar-refractivity contribution < 1.29 is 4.74 Å². The van der Waals surface area contributed by atoms with Crippen molar-refractivity contribution in [3.63, 3.8) is 0 Å². The number of rotatable bonds is 7. The van der Waals surface area contributed by atoms with Gasteiger partial charge in [-0.3, -0.25) is 0 Å². The minimum absolute atomic E-state index is 0.638. The van der Waals surface area contributed by atoms with Crippen LogP contribution >= 0.6 is 8.58 Å². The van der Waals surface area contributed by atoms with Crippen LogP contribution in [-0.2, 0) is 4.74 Å². The first-order valence-corrected chi connectivity index (χ1v) is 6.83. The van der Waals surface area contributed by atoms with Crippen LogP contribution in [0.2, 0.25) is 0 Å². The third kappa shape index (κ3) is 4.42. The van der Waals surface area contributed by atoms with Crippen molar-refractivity contribution in [1.29, 1.82) is 0 Å². The molecular formula is C10H21OP. The topological polar surface area (TPSA) is 12.5 Å². The summed E-state index contributed by atoms with van der Waals surface area (Å²) in [4.78, 5) is 0. The zero-order valence-corrected chi connectivity index (χ0v) is 9.31. The van der Waals surface area contributed by atoms with Crippen LogP contribution in [0.3, 0.4) is 0 Å². The Morgan fingerprint density at radius 2 is 2.33 bits per heavy atom. The van der Waals surface area contributed by atoms with Crippen molar-refractivity contribution in [1.82, 2.24) is 0 Å². The molecule has 0 saturated carbocycles. The van der Waals surface area contributed by atoms with E-state index in [2.05, 4.69) is 13.6 Å². The second-order valence-electron chi connectivity index (χ2n) is 3.71. The fourth-order valence-corrected chi connectivity index (χ4v) is 2.19. The Morgan fingerprint density at radius 3 is 2.83 bits per heavy atom. The molecule has 1 rings (SSSR count). The smallest absolute Gasteiger partial charge is 0.0812 e. The fraction of sp³-hybridized carbons (Fsp3) is 1.00. The zero-order chi connectivity index (χ0) is 8.81. The minimum atomic E-state index is 0.638. The largest absolute Gasteiger partial charge is 0.373 e. The molecule has 0 bridgehead atoms. The molecule has 1 saturated heterocycles. The summed E-state index contributed by atoms with van der Waals surface area (Å²) in [6, 6.07) is 0. The molecule has 3 unspecified atom stereocenters. The third-order valence-corrected chi connectivity index (χ3v) is 3.47. The second-order valence-corrected chi connectivity index (χ2v) is 4.92. The van der Waals surface area contributed by atoms with Gasteiger partial charge in [-0.15, -0.1) is 8.58 Å². The summed E-state index contributed by atoms with van der Waals surface area (Å²) >= 11 is 0. The van der Waals surface area contributed by atoms with E-state index in [1.54, 1.807) is 0 Å². The van der Waals surface area contributed by atoms with E-state index in [4.69, 9.17) is 4.74 Å². The van der Waals surface area contributed by atoms with Gasteiger partial charge in [0.25, 0.3) is 0 Å². The van der Waals surface area contributed by atoms with Crippen molar-refractivity contribution in [3.8, 4) is 0 Å². The van der Waals surface area contributed by atoms with Gasteiger partial charge in [0.1, 0.15) is 0 Å². The number of hydrogen-bond acceptors (Lipinski definition) is 1. The molecule has 72 valence electrons. The van der Waals surface area contributed by atoms with Gasteiger partial charge in [0.05, 0.1) is 12.7 Å². The first kappa shape index (κ1) is 10.5. The highest BCUT2D eigenvalue weighted by Gasteiger charge is 2.25. The van der Waals surface area contributed by atoms with Crippen LogP contribution in [0.15, 0.2) is 0 Å². The van der Waals surface area contributed by atoms with E-state index >= 15 is 0 Å². The van der Waals surface area contributed by atoms with Crippen LogP contribution < -0.4 is 0 Å². The van der Waals surface area contributed by atoms with Crippen LogP contribution in [0.4, 0.5) is 0 Å². The summed E-state index contributed by atoms with van der Waals surface area (Å²) in [6.07, 6.45) is 7.59. The predicted molar refractivity (Wildman–Crippen MR) is 56.5 cm³/mol. The Balaban J connectivity index is 1.98. The van der Waals surface area contributed by atoms with Gasteiger partial charge in [0.15, 0.2) is 0 Å². The highest BCUT2D eigenvalue weighted by atomic mass is 31.1. The first-order valence-electron chi connectivity index (χ1n) is 5.13. The van der Waals surface area contributed by atoms with Crippen LogP contribution in [0.1, 0.15) is 32.6 Å². The summed E-state index contributed by atoms with van der Waals surface area (Å²) in [5.74, 6) is 0.939. The molecule has 0 aromatic carbocycles. The SMILES string of the molecule is CCC(CCCPC)CC1CO1. The molecule has 0 amide bonds. The Bertz CT molecular complexity index is 112. The maximum absolute atomic E-state index is 5.25. The van der Waals surface area contributed by atoms with Gasteiger partial charge >= 0.3 is 0 Å². The average molecular weight is 188 g/mol. The van der Waals surface area contributed by atoms with E-state index in [1.807, 2.05) is 0 Å². The molecular weight excluding hydrogens is 167 g/mol. The fourth-order valence-electron chi connectivity index (χ4n) is 1.63. The van der Waals surface area contributed by atoms with Gasteiger partial charge in [0.2, 0.25) is 0 Å². The van der Waals surface area contributed by atoms with Gasteiger partial charge in [-0.25, -0.2) is 0 Å². The van der Waals surface area contributed by atoms with Crippen LogP contribution in [0, 0.1) is 5.92 Å². The Kier molecular flexibility index (Phi) is 5.18. The lowest BCUT2D eigenvalue weighted by Crippen LogP contribution is -2.03. The second kappa shape index (κ2) is 5.94. The molecule has 0 aromatic rings. The number of hydrogen-bond donors (Lipinski definition) is 0. The summed E-state index contributed by atoms with van der Waals surface area (Å²) in [5.41, 5.74) is 0. The summed E-state index contributed by atoms with van der Waals surface area (Å²) in [7, 11) is 1.14. The normalized spacial score (nSPS) is 25.0. The summed E-state index contributed by atoms with van der Waals surface area (Å²) in [6.45, 7) is 5.64. The van der Waals surface area contributed by atoms with Crippen molar-refractivity contribution >= 4 is 8.58 Å². The lowest BCUT2D eigenvalue weighted by atomic mass is 9.96. The average Bonchev–Trinajstić information content (AvgIpc) is 2.87. The van der Waals surface area contributed by atoms with Crippen molar-refractivity contribution in [2.24, 2.45) is 5.92 Å². The molecule has 0 spiro atoms. The lowest BCUT2D eigenvalue weighted by molar-refractivity contribution is 0.335. The molecule has 1 nitrogen and oxygen atoms in total. The number of epoxide rings is 1. The van der Waals surface area contributed by atoms with Gasteiger partial charge < -0.3 is 4.74 Å². The van der Waals surface area contributed by atoms with Crippen LogP contribution in [0.25, 0.3) is 0 Å². The van der Waals surface area contributed by atoms with E-state index in [9.17, 15) is 0 Å². The van der Waals surface area contributed by atoms with Crippen molar-refractivity contribution in [2.45, 2.75) is 38.7 Å². The van der Waals surface area contributed by atoms with E-state index in [0.29, 0.717) is 6.10 Å². The van der Waals surface area contributed by atoms with E-state index in [-0.39, 0.29) is 0 Å². The number of ether oxygens (including phenoxy) is 1. The molecule has 0 radical (unpaired) electrons. The van der Waals surface area contributed by atoms with E-state index < -0.39 is 0 Å². The molecule has 1 aliphatic heterocycles. The predicted octanol–water partition coefficient (Wildman–Crippen LogP) is 2.89. The van der Waals surface area contributed by atoms with Gasteiger partial charge in [0, 0.05) is 0 Å². The molecule has 3 atom stereocenters. The Morgan fingerprint density at radius 1 is 1.58 bits per heavy atom. The Hall–Kier alpha value is 0.390. The van der Waals surface area contributed by atoms with Crippen LogP contribution in [0.5, 0.6) is 0 Å². The maximum Gasteiger partial charge on any atom is 0.0812 e. The molecule has 1 fully saturated rings. The third-order valence-electron chi connectivity index (χ3n) is 2.62. The van der Waals surface area contributed by atoms with Gasteiger partial charge in [-0.05, 0) is 31.6 Å². The molecule has 0 aliphatic carbocycles. The monoisotopic (exact) mass is 188 g/mol. The first-order chi connectivity index (χ1) is 5.86.